The highest BCUT2D eigenvalue weighted by Crippen LogP contribution is 1.85. The van der Waals surface area contributed by atoms with Gasteiger partial charge in [-0.3, -0.25) is 0 Å². The minimum absolute atomic E-state index is 0.329. The Morgan fingerprint density at radius 3 is 2.25 bits per heavy atom. The van der Waals surface area contributed by atoms with Crippen LogP contribution in [-0.4, -0.2) is 16.3 Å². The van der Waals surface area contributed by atoms with E-state index < -0.39 is 11.4 Å². The van der Waals surface area contributed by atoms with Crippen molar-refractivity contribution < 1.29 is 4.55 Å². The third-order valence-electron chi connectivity index (χ3n) is 0.629. The summed E-state index contributed by atoms with van der Waals surface area (Å²) in [7, 11) is 0. The Morgan fingerprint density at radius 2 is 2.12 bits per heavy atom. The Bertz CT molecular complexity index is 58.4. The first kappa shape index (κ1) is 8.27. The normalized spacial score (nSPS) is 14.6. The van der Waals surface area contributed by atoms with Crippen molar-refractivity contribution in [2.45, 2.75) is 26.8 Å². The van der Waals surface area contributed by atoms with Gasteiger partial charge in [-0.1, -0.05) is 0 Å². The van der Waals surface area contributed by atoms with E-state index in [4.69, 9.17) is 0 Å². The van der Waals surface area contributed by atoms with Gasteiger partial charge in [-0.15, -0.1) is 4.72 Å². The molecule has 1 unspecified atom stereocenters. The van der Waals surface area contributed by atoms with E-state index in [1.807, 2.05) is 20.8 Å². The van der Waals surface area contributed by atoms with Crippen molar-refractivity contribution >= 4 is 11.4 Å². The van der Waals surface area contributed by atoms with Crippen LogP contribution in [0.4, 0.5) is 0 Å². The molecule has 0 amide bonds. The highest BCUT2D eigenvalue weighted by molar-refractivity contribution is 7.89. The lowest BCUT2D eigenvalue weighted by atomic mass is 10.4. The Labute approximate surface area is 54.0 Å². The van der Waals surface area contributed by atoms with Crippen molar-refractivity contribution in [3.05, 3.63) is 0 Å². The summed E-state index contributed by atoms with van der Waals surface area (Å²) < 4.78 is 13.5. The van der Waals surface area contributed by atoms with Gasteiger partial charge in [0.1, 0.15) is 5.75 Å². The van der Waals surface area contributed by atoms with Crippen LogP contribution >= 0.6 is 0 Å². The van der Waals surface area contributed by atoms with E-state index in [-0.39, 0.29) is 0 Å². The summed E-state index contributed by atoms with van der Waals surface area (Å²) in [5.74, 6) is 0.693. The lowest BCUT2D eigenvalue weighted by molar-refractivity contribution is 0.570. The number of nitrogens with one attached hydrogen (secondary N) is 1. The van der Waals surface area contributed by atoms with Gasteiger partial charge in [-0.25, -0.2) is 0 Å². The molecule has 0 spiro atoms. The topological polar surface area (TPSA) is 35.1 Å². The van der Waals surface area contributed by atoms with E-state index in [1.165, 1.54) is 0 Å². The van der Waals surface area contributed by atoms with Gasteiger partial charge < -0.3 is 4.55 Å². The largest absolute Gasteiger partial charge is 0.598 e. The van der Waals surface area contributed by atoms with Gasteiger partial charge in [-0.2, -0.15) is 0 Å². The summed E-state index contributed by atoms with van der Waals surface area (Å²) in [6.45, 7) is 5.85. The first-order valence-corrected chi connectivity index (χ1v) is 4.13. The molecule has 0 heterocycles. The van der Waals surface area contributed by atoms with E-state index >= 15 is 0 Å². The third kappa shape index (κ3) is 4.43. The van der Waals surface area contributed by atoms with Crippen molar-refractivity contribution in [3.63, 3.8) is 0 Å². The van der Waals surface area contributed by atoms with E-state index in [2.05, 4.69) is 4.72 Å². The van der Waals surface area contributed by atoms with Crippen LogP contribution in [-0.2, 0) is 11.4 Å². The van der Waals surface area contributed by atoms with Crippen molar-refractivity contribution in [1.29, 1.82) is 0 Å². The number of hydrogen-bond acceptors (Lipinski definition) is 2. The fourth-order valence-electron chi connectivity index (χ4n) is 0.346. The fraction of sp³-hybridized carbons (Fsp3) is 1.00. The second-order valence-corrected chi connectivity index (χ2v) is 3.41. The first-order valence-electron chi connectivity index (χ1n) is 2.81. The molecule has 0 saturated heterocycles. The predicted octanol–water partition coefficient (Wildman–Crippen LogP) is 0.668. The van der Waals surface area contributed by atoms with E-state index in [0.717, 1.165) is 0 Å². The zero-order chi connectivity index (χ0) is 6.57. The molecule has 3 heteroatoms. The number of hydrogen-bond donors (Lipinski definition) is 1. The van der Waals surface area contributed by atoms with Crippen LogP contribution in [0.2, 0.25) is 0 Å². The smallest absolute Gasteiger partial charge is 0.122 e. The molecule has 50 valence electrons. The summed E-state index contributed by atoms with van der Waals surface area (Å²) in [6, 6.07) is 0.329. The minimum atomic E-state index is -0.807. The molecule has 0 aliphatic carbocycles. The molecular weight excluding hydrogens is 122 g/mol. The molecular formula is C5H13NOS. The standard InChI is InChI=1S/C5H13NOS/c1-4-8(7)6-5(2)3/h5-6H,4H2,1-3H3. The molecule has 0 aromatic heterocycles. The van der Waals surface area contributed by atoms with Crippen molar-refractivity contribution in [3.8, 4) is 0 Å². The van der Waals surface area contributed by atoms with Crippen LogP contribution < -0.4 is 4.72 Å². The van der Waals surface area contributed by atoms with Crippen molar-refractivity contribution in [2.24, 2.45) is 0 Å². The minimum Gasteiger partial charge on any atom is -0.598 e. The zero-order valence-corrected chi connectivity index (χ0v) is 6.42. The van der Waals surface area contributed by atoms with Gasteiger partial charge in [0.25, 0.3) is 0 Å². The molecule has 0 fully saturated rings. The summed E-state index contributed by atoms with van der Waals surface area (Å²) in [4.78, 5) is 0. The summed E-state index contributed by atoms with van der Waals surface area (Å²) in [6.07, 6.45) is 0. The monoisotopic (exact) mass is 135 g/mol. The quantitative estimate of drug-likeness (QED) is 0.577. The molecule has 0 aromatic carbocycles. The lowest BCUT2D eigenvalue weighted by Crippen LogP contribution is -2.31. The van der Waals surface area contributed by atoms with Gasteiger partial charge in [0.2, 0.25) is 0 Å². The fourth-order valence-corrected chi connectivity index (χ4v) is 1.04. The highest BCUT2D eigenvalue weighted by atomic mass is 32.2. The second kappa shape index (κ2) is 4.18. The van der Waals surface area contributed by atoms with Crippen molar-refractivity contribution in [1.82, 2.24) is 4.72 Å². The molecule has 0 rings (SSSR count). The van der Waals surface area contributed by atoms with Crippen LogP contribution in [0, 0.1) is 0 Å². The first-order chi connectivity index (χ1) is 3.66. The van der Waals surface area contributed by atoms with Gasteiger partial charge >= 0.3 is 0 Å². The van der Waals surface area contributed by atoms with Gasteiger partial charge in [0.05, 0.1) is 0 Å². The van der Waals surface area contributed by atoms with Crippen LogP contribution in [0.25, 0.3) is 0 Å². The average Bonchev–Trinajstić information content (AvgIpc) is 1.65. The third-order valence-corrected chi connectivity index (χ3v) is 1.89. The molecule has 0 aliphatic rings. The maximum Gasteiger partial charge on any atom is 0.122 e. The number of rotatable bonds is 3. The Balaban J connectivity index is 3.10. The highest BCUT2D eigenvalue weighted by Gasteiger charge is 2.02. The molecule has 0 aliphatic heterocycles. The molecule has 0 radical (unpaired) electrons. The summed E-state index contributed by atoms with van der Waals surface area (Å²) in [5, 5.41) is 0. The molecule has 1 N–H and O–H groups in total. The molecule has 0 bridgehead atoms. The Kier molecular flexibility index (Phi) is 4.32. The van der Waals surface area contributed by atoms with E-state index in [9.17, 15) is 4.55 Å². The predicted molar refractivity (Wildman–Crippen MR) is 37.0 cm³/mol. The van der Waals surface area contributed by atoms with Crippen molar-refractivity contribution in [2.75, 3.05) is 5.75 Å². The maximum atomic E-state index is 10.6. The zero-order valence-electron chi connectivity index (χ0n) is 5.60. The van der Waals surface area contributed by atoms with E-state index in [1.54, 1.807) is 0 Å². The molecule has 8 heavy (non-hydrogen) atoms. The second-order valence-electron chi connectivity index (χ2n) is 1.91. The van der Waals surface area contributed by atoms with Crippen LogP contribution in [0.3, 0.4) is 0 Å². The average molecular weight is 135 g/mol. The summed E-state index contributed by atoms with van der Waals surface area (Å²) in [5.41, 5.74) is 0. The van der Waals surface area contributed by atoms with E-state index in [0.29, 0.717) is 11.8 Å². The molecule has 1 atom stereocenters. The molecule has 0 saturated carbocycles. The van der Waals surface area contributed by atoms with Crippen LogP contribution in [0.15, 0.2) is 0 Å². The van der Waals surface area contributed by atoms with Gasteiger partial charge in [0.15, 0.2) is 0 Å². The molecule has 2 nitrogen and oxygen atoms in total. The van der Waals surface area contributed by atoms with Gasteiger partial charge in [0, 0.05) is 17.4 Å². The molecule has 0 aromatic rings. The van der Waals surface area contributed by atoms with Gasteiger partial charge in [-0.05, 0) is 20.8 Å². The Hall–Kier alpha value is 0.270. The maximum absolute atomic E-state index is 10.6. The van der Waals surface area contributed by atoms with Crippen LogP contribution in [0.1, 0.15) is 20.8 Å². The lowest BCUT2D eigenvalue weighted by Gasteiger charge is -2.10. The Morgan fingerprint density at radius 1 is 1.62 bits per heavy atom. The van der Waals surface area contributed by atoms with Crippen LogP contribution in [0.5, 0.6) is 0 Å². The summed E-state index contributed by atoms with van der Waals surface area (Å²) >= 11 is -0.807. The SMILES string of the molecule is CC[S+]([O-])NC(C)C.